The minimum atomic E-state index is -3.24. The topological polar surface area (TPSA) is 81.2 Å². The summed E-state index contributed by atoms with van der Waals surface area (Å²) in [5.41, 5.74) is 0. The van der Waals surface area contributed by atoms with E-state index in [0.29, 0.717) is 45.8 Å². The summed E-state index contributed by atoms with van der Waals surface area (Å²) < 4.78 is 24.9. The first kappa shape index (κ1) is 19.6. The van der Waals surface area contributed by atoms with Crippen molar-refractivity contribution in [1.82, 2.24) is 19.0 Å². The zero-order chi connectivity index (χ0) is 18.7. The van der Waals surface area contributed by atoms with Gasteiger partial charge in [0.15, 0.2) is 0 Å². The van der Waals surface area contributed by atoms with E-state index in [1.807, 2.05) is 9.80 Å². The van der Waals surface area contributed by atoms with Crippen LogP contribution in [0.3, 0.4) is 0 Å². The van der Waals surface area contributed by atoms with Crippen LogP contribution in [-0.2, 0) is 19.6 Å². The first-order valence-corrected chi connectivity index (χ1v) is 11.4. The van der Waals surface area contributed by atoms with E-state index in [1.54, 1.807) is 0 Å². The Bertz CT molecular complexity index is 625. The largest absolute Gasteiger partial charge is 0.342 e. The average Bonchev–Trinajstić information content (AvgIpc) is 3.16. The molecule has 0 N–H and O–H groups in total. The number of amides is 2. The molecule has 1 atom stereocenters. The highest BCUT2D eigenvalue weighted by molar-refractivity contribution is 7.88. The van der Waals surface area contributed by atoms with Crippen LogP contribution >= 0.6 is 0 Å². The second-order valence-electron chi connectivity index (χ2n) is 7.65. The Morgan fingerprint density at radius 1 is 0.885 bits per heavy atom. The van der Waals surface area contributed by atoms with Crippen molar-refractivity contribution in [2.75, 3.05) is 65.2 Å². The van der Waals surface area contributed by atoms with Gasteiger partial charge in [-0.25, -0.2) is 12.7 Å². The lowest BCUT2D eigenvalue weighted by Crippen LogP contribution is -2.54. The van der Waals surface area contributed by atoms with Gasteiger partial charge >= 0.3 is 0 Å². The van der Waals surface area contributed by atoms with Gasteiger partial charge in [-0.2, -0.15) is 0 Å². The monoisotopic (exact) mass is 386 g/mol. The Kier molecular flexibility index (Phi) is 6.19. The van der Waals surface area contributed by atoms with Crippen molar-refractivity contribution < 1.29 is 18.0 Å². The summed E-state index contributed by atoms with van der Waals surface area (Å²) in [4.78, 5) is 30.9. The van der Waals surface area contributed by atoms with E-state index in [2.05, 4.69) is 4.90 Å². The quantitative estimate of drug-likeness (QED) is 0.646. The standard InChI is InChI=1S/C17H30N4O4S/c1-26(24,25)21-8-4-5-15(13-21)17(23)20-11-9-18(10-12-20)14-16(22)19-6-2-3-7-19/h15H,2-14H2,1H3. The van der Waals surface area contributed by atoms with Crippen LogP contribution in [-0.4, -0.2) is 104 Å². The molecule has 148 valence electrons. The summed E-state index contributed by atoms with van der Waals surface area (Å²) in [5.74, 6) is 0.0125. The molecule has 3 saturated heterocycles. The maximum Gasteiger partial charge on any atom is 0.236 e. The maximum atomic E-state index is 12.8. The van der Waals surface area contributed by atoms with Crippen LogP contribution in [0.15, 0.2) is 0 Å². The van der Waals surface area contributed by atoms with Gasteiger partial charge in [-0.15, -0.1) is 0 Å². The van der Waals surface area contributed by atoms with Gasteiger partial charge in [0, 0.05) is 52.4 Å². The van der Waals surface area contributed by atoms with Gasteiger partial charge in [-0.05, 0) is 25.7 Å². The SMILES string of the molecule is CS(=O)(=O)N1CCCC(C(=O)N2CCN(CC(=O)N3CCCC3)CC2)C1. The fraction of sp³-hybridized carbons (Fsp3) is 0.882. The van der Waals surface area contributed by atoms with Gasteiger partial charge < -0.3 is 9.80 Å². The molecular weight excluding hydrogens is 356 g/mol. The molecule has 0 aromatic carbocycles. The number of rotatable bonds is 4. The molecule has 3 rings (SSSR count). The molecule has 26 heavy (non-hydrogen) atoms. The Hall–Kier alpha value is -1.19. The summed E-state index contributed by atoms with van der Waals surface area (Å²) >= 11 is 0. The van der Waals surface area contributed by atoms with Gasteiger partial charge in [0.25, 0.3) is 0 Å². The molecule has 1 unspecified atom stereocenters. The van der Waals surface area contributed by atoms with E-state index >= 15 is 0 Å². The van der Waals surface area contributed by atoms with Crippen LogP contribution in [0.25, 0.3) is 0 Å². The Labute approximate surface area is 156 Å². The van der Waals surface area contributed by atoms with Crippen LogP contribution in [0.5, 0.6) is 0 Å². The number of piperidine rings is 1. The van der Waals surface area contributed by atoms with Crippen LogP contribution in [0, 0.1) is 5.92 Å². The molecular formula is C17H30N4O4S. The van der Waals surface area contributed by atoms with Gasteiger partial charge in [-0.3, -0.25) is 14.5 Å². The van der Waals surface area contributed by atoms with Crippen LogP contribution in [0.4, 0.5) is 0 Å². The number of sulfonamides is 1. The van der Waals surface area contributed by atoms with E-state index in [-0.39, 0.29) is 17.7 Å². The van der Waals surface area contributed by atoms with Crippen molar-refractivity contribution in [2.45, 2.75) is 25.7 Å². The van der Waals surface area contributed by atoms with Crippen LogP contribution < -0.4 is 0 Å². The van der Waals surface area contributed by atoms with Gasteiger partial charge in [0.05, 0.1) is 18.7 Å². The number of likely N-dealkylation sites (tertiary alicyclic amines) is 1. The third-order valence-corrected chi connectivity index (χ3v) is 6.97. The molecule has 3 aliphatic heterocycles. The number of piperazine rings is 1. The van der Waals surface area contributed by atoms with E-state index in [1.165, 1.54) is 10.6 Å². The highest BCUT2D eigenvalue weighted by atomic mass is 32.2. The van der Waals surface area contributed by atoms with Crippen molar-refractivity contribution >= 4 is 21.8 Å². The Morgan fingerprint density at radius 2 is 1.54 bits per heavy atom. The zero-order valence-corrected chi connectivity index (χ0v) is 16.4. The lowest BCUT2D eigenvalue weighted by Gasteiger charge is -2.38. The molecule has 0 spiro atoms. The van der Waals surface area contributed by atoms with Crippen LogP contribution in [0.2, 0.25) is 0 Å². The lowest BCUT2D eigenvalue weighted by atomic mass is 9.98. The van der Waals surface area contributed by atoms with Gasteiger partial charge in [0.1, 0.15) is 0 Å². The Balaban J connectivity index is 1.46. The zero-order valence-electron chi connectivity index (χ0n) is 15.6. The first-order chi connectivity index (χ1) is 12.3. The number of carbonyl (C=O) groups is 2. The third kappa shape index (κ3) is 4.75. The number of hydrogen-bond donors (Lipinski definition) is 0. The summed E-state index contributed by atoms with van der Waals surface area (Å²) in [5, 5.41) is 0. The van der Waals surface area contributed by atoms with Crippen LogP contribution in [0.1, 0.15) is 25.7 Å². The summed E-state index contributed by atoms with van der Waals surface area (Å²) in [7, 11) is -3.24. The molecule has 3 fully saturated rings. The predicted octanol–water partition coefficient (Wildman–Crippen LogP) is -0.575. The van der Waals surface area contributed by atoms with Crippen molar-refractivity contribution in [2.24, 2.45) is 5.92 Å². The molecule has 3 aliphatic rings. The lowest BCUT2D eigenvalue weighted by molar-refractivity contribution is -0.139. The molecule has 0 radical (unpaired) electrons. The smallest absolute Gasteiger partial charge is 0.236 e. The van der Waals surface area contributed by atoms with Crippen molar-refractivity contribution in [3.8, 4) is 0 Å². The molecule has 2 amide bonds. The minimum absolute atomic E-state index is 0.0591. The van der Waals surface area contributed by atoms with E-state index in [0.717, 1.165) is 38.8 Å². The van der Waals surface area contributed by atoms with Crippen molar-refractivity contribution in [3.63, 3.8) is 0 Å². The highest BCUT2D eigenvalue weighted by Gasteiger charge is 2.34. The average molecular weight is 387 g/mol. The molecule has 8 nitrogen and oxygen atoms in total. The predicted molar refractivity (Wildman–Crippen MR) is 98.0 cm³/mol. The Morgan fingerprint density at radius 3 is 2.15 bits per heavy atom. The summed E-state index contributed by atoms with van der Waals surface area (Å²) in [6.07, 6.45) is 4.88. The highest BCUT2D eigenvalue weighted by Crippen LogP contribution is 2.21. The first-order valence-electron chi connectivity index (χ1n) is 9.58. The van der Waals surface area contributed by atoms with Gasteiger partial charge in [0.2, 0.25) is 21.8 Å². The van der Waals surface area contributed by atoms with Crippen molar-refractivity contribution in [1.29, 1.82) is 0 Å². The second-order valence-corrected chi connectivity index (χ2v) is 9.63. The van der Waals surface area contributed by atoms with Gasteiger partial charge in [-0.1, -0.05) is 0 Å². The van der Waals surface area contributed by atoms with E-state index in [9.17, 15) is 18.0 Å². The third-order valence-electron chi connectivity index (χ3n) is 5.70. The molecule has 9 heteroatoms. The normalized spacial score (nSPS) is 26.3. The maximum absolute atomic E-state index is 12.8. The van der Waals surface area contributed by atoms with E-state index in [4.69, 9.17) is 0 Å². The number of hydrogen-bond acceptors (Lipinski definition) is 5. The summed E-state index contributed by atoms with van der Waals surface area (Å²) in [6.45, 7) is 5.61. The molecule has 0 aromatic heterocycles. The molecule has 0 bridgehead atoms. The van der Waals surface area contributed by atoms with Crippen molar-refractivity contribution in [3.05, 3.63) is 0 Å². The molecule has 0 aromatic rings. The number of nitrogens with zero attached hydrogens (tertiary/aromatic N) is 4. The minimum Gasteiger partial charge on any atom is -0.342 e. The van der Waals surface area contributed by atoms with E-state index < -0.39 is 10.0 Å². The summed E-state index contributed by atoms with van der Waals surface area (Å²) in [6, 6.07) is 0. The molecule has 0 saturated carbocycles. The fourth-order valence-electron chi connectivity index (χ4n) is 4.09. The molecule has 3 heterocycles. The fourth-order valence-corrected chi connectivity index (χ4v) is 5.00. The molecule has 0 aliphatic carbocycles. The number of carbonyl (C=O) groups excluding carboxylic acids is 2. The second kappa shape index (κ2) is 8.22.